The molecule has 2 saturated heterocycles. The molecule has 2 unspecified atom stereocenters. The van der Waals surface area contributed by atoms with Gasteiger partial charge in [0.1, 0.15) is 0 Å². The standard InChI is InChI=1S/C51H64B2O4/c1-45(2,3)29-33-23-31-25-35(15-19-39(31)33)51(36-16-20-40-32(26-36)24-34(40)30-46(4,5)6)43-27-37(52-54-47(7,8)48(9,10)55-52)17-21-41(43)42-22-18-38(28-44(42)51)53-56-49(11,12)50(13,14)57-53/h15-22,25-28,33-34H,23-24,29-30H2,1-14H3. The van der Waals surface area contributed by atoms with Gasteiger partial charge in [0, 0.05) is 0 Å². The van der Waals surface area contributed by atoms with Gasteiger partial charge < -0.3 is 18.6 Å². The molecule has 6 heteroatoms. The predicted octanol–water partition coefficient (Wildman–Crippen LogP) is 10.8. The molecule has 0 spiro atoms. The van der Waals surface area contributed by atoms with Crippen LogP contribution in [0, 0.1) is 10.8 Å². The zero-order chi connectivity index (χ0) is 40.9. The van der Waals surface area contributed by atoms with Gasteiger partial charge in [0.05, 0.1) is 27.8 Å². The second-order valence-electron chi connectivity index (χ2n) is 22.7. The van der Waals surface area contributed by atoms with E-state index in [9.17, 15) is 0 Å². The van der Waals surface area contributed by atoms with Crippen LogP contribution in [0.1, 0.15) is 166 Å². The van der Waals surface area contributed by atoms with E-state index in [1.165, 1.54) is 68.5 Å². The van der Waals surface area contributed by atoms with Crippen LogP contribution in [-0.4, -0.2) is 36.6 Å². The highest BCUT2D eigenvalue weighted by molar-refractivity contribution is 6.62. The van der Waals surface area contributed by atoms with Crippen molar-refractivity contribution >= 4 is 25.2 Å². The first-order chi connectivity index (χ1) is 26.4. The maximum absolute atomic E-state index is 6.73. The third-order valence-corrected chi connectivity index (χ3v) is 14.9. The zero-order valence-electron chi connectivity index (χ0n) is 37.2. The molecule has 9 rings (SSSR count). The Morgan fingerprint density at radius 2 is 0.842 bits per heavy atom. The van der Waals surface area contributed by atoms with Crippen molar-refractivity contribution in [3.05, 3.63) is 117 Å². The van der Waals surface area contributed by atoms with E-state index in [2.05, 4.69) is 170 Å². The zero-order valence-corrected chi connectivity index (χ0v) is 37.2. The Bertz CT molecular complexity index is 2090. The largest absolute Gasteiger partial charge is 0.494 e. The van der Waals surface area contributed by atoms with Crippen molar-refractivity contribution in [1.82, 2.24) is 0 Å². The SMILES string of the molecule is CC(C)(C)CC1Cc2cc(C3(c4ccc5c(c4)CC5CC(C)(C)C)c4cc(B5OC(C)(C)C(C)(C)O5)ccc4-c4ccc(B5OC(C)(C)C(C)(C)O5)cc43)ccc21. The smallest absolute Gasteiger partial charge is 0.399 e. The van der Waals surface area contributed by atoms with E-state index < -0.39 is 42.1 Å². The minimum atomic E-state index is -0.585. The van der Waals surface area contributed by atoms with Gasteiger partial charge in [-0.25, -0.2) is 0 Å². The van der Waals surface area contributed by atoms with Crippen molar-refractivity contribution < 1.29 is 18.6 Å². The summed E-state index contributed by atoms with van der Waals surface area (Å²) >= 11 is 0. The van der Waals surface area contributed by atoms with Gasteiger partial charge in [-0.1, -0.05) is 114 Å². The first-order valence-corrected chi connectivity index (χ1v) is 21.7. The molecule has 2 fully saturated rings. The van der Waals surface area contributed by atoms with Crippen LogP contribution in [0.15, 0.2) is 72.8 Å². The van der Waals surface area contributed by atoms with Crippen molar-refractivity contribution in [1.29, 1.82) is 0 Å². The Hall–Kier alpha value is -3.15. The molecule has 0 bridgehead atoms. The first-order valence-electron chi connectivity index (χ1n) is 21.7. The van der Waals surface area contributed by atoms with E-state index in [1.807, 2.05) is 0 Å². The lowest BCUT2D eigenvalue weighted by molar-refractivity contribution is 0.00578. The van der Waals surface area contributed by atoms with Crippen LogP contribution in [0.3, 0.4) is 0 Å². The lowest BCUT2D eigenvalue weighted by Crippen LogP contribution is -2.41. The molecule has 4 aromatic rings. The molecular weight excluding hydrogens is 698 g/mol. The maximum atomic E-state index is 6.73. The summed E-state index contributed by atoms with van der Waals surface area (Å²) in [5, 5.41) is 0. The van der Waals surface area contributed by atoms with Crippen LogP contribution in [0.5, 0.6) is 0 Å². The highest BCUT2D eigenvalue weighted by Gasteiger charge is 2.55. The average Bonchev–Trinajstić information content (AvgIpc) is 3.59. The van der Waals surface area contributed by atoms with E-state index in [4.69, 9.17) is 18.6 Å². The summed E-state index contributed by atoms with van der Waals surface area (Å²) in [5.74, 6) is 1.21. The summed E-state index contributed by atoms with van der Waals surface area (Å²) in [6.45, 7) is 31.3. The Morgan fingerprint density at radius 1 is 0.491 bits per heavy atom. The topological polar surface area (TPSA) is 36.9 Å². The van der Waals surface area contributed by atoms with Crippen LogP contribution >= 0.6 is 0 Å². The highest BCUT2D eigenvalue weighted by Crippen LogP contribution is 2.58. The van der Waals surface area contributed by atoms with Gasteiger partial charge in [-0.2, -0.15) is 0 Å². The van der Waals surface area contributed by atoms with E-state index in [0.29, 0.717) is 11.8 Å². The molecule has 4 aromatic carbocycles. The van der Waals surface area contributed by atoms with Gasteiger partial charge >= 0.3 is 14.2 Å². The molecule has 5 aliphatic rings. The molecule has 0 N–H and O–H groups in total. The molecule has 57 heavy (non-hydrogen) atoms. The Morgan fingerprint density at radius 3 is 1.16 bits per heavy atom. The van der Waals surface area contributed by atoms with Crippen molar-refractivity contribution in [3.8, 4) is 11.1 Å². The van der Waals surface area contributed by atoms with E-state index >= 15 is 0 Å². The van der Waals surface area contributed by atoms with Crippen molar-refractivity contribution in [2.24, 2.45) is 10.8 Å². The van der Waals surface area contributed by atoms with Crippen molar-refractivity contribution in [2.75, 3.05) is 0 Å². The van der Waals surface area contributed by atoms with E-state index in [-0.39, 0.29) is 10.8 Å². The lowest BCUT2D eigenvalue weighted by atomic mass is 9.61. The molecule has 0 saturated carbocycles. The summed E-state index contributed by atoms with van der Waals surface area (Å²) in [7, 11) is -0.932. The van der Waals surface area contributed by atoms with Gasteiger partial charge in [-0.3, -0.25) is 0 Å². The molecule has 2 aliphatic heterocycles. The van der Waals surface area contributed by atoms with Crippen molar-refractivity contribution in [3.63, 3.8) is 0 Å². The molecule has 3 aliphatic carbocycles. The fourth-order valence-corrected chi connectivity index (χ4v) is 10.6. The predicted molar refractivity (Wildman–Crippen MR) is 236 cm³/mol. The quantitative estimate of drug-likeness (QED) is 0.162. The lowest BCUT2D eigenvalue weighted by Gasteiger charge is -2.41. The third kappa shape index (κ3) is 6.17. The molecule has 0 aromatic heterocycles. The molecule has 2 heterocycles. The van der Waals surface area contributed by atoms with Crippen LogP contribution in [0.25, 0.3) is 11.1 Å². The average molecular weight is 763 g/mol. The summed E-state index contributed by atoms with van der Waals surface area (Å²) in [6.07, 6.45) is 4.64. The molecule has 0 radical (unpaired) electrons. The van der Waals surface area contributed by atoms with E-state index in [1.54, 1.807) is 0 Å². The number of fused-ring (bicyclic) bond motifs is 5. The Labute approximate surface area is 344 Å². The minimum Gasteiger partial charge on any atom is -0.399 e. The second-order valence-corrected chi connectivity index (χ2v) is 22.7. The number of hydrogen-bond donors (Lipinski definition) is 0. The number of hydrogen-bond acceptors (Lipinski definition) is 4. The molecule has 298 valence electrons. The normalized spacial score (nSPS) is 24.3. The summed E-state index contributed by atoms with van der Waals surface area (Å²) in [5.41, 5.74) is 14.1. The van der Waals surface area contributed by atoms with Gasteiger partial charge in [0.25, 0.3) is 0 Å². The Balaban J connectivity index is 1.27. The van der Waals surface area contributed by atoms with Crippen LogP contribution in [0.2, 0.25) is 0 Å². The van der Waals surface area contributed by atoms with E-state index in [0.717, 1.165) is 23.8 Å². The summed E-state index contributed by atoms with van der Waals surface area (Å²) in [4.78, 5) is 0. The van der Waals surface area contributed by atoms with Gasteiger partial charge in [0.15, 0.2) is 0 Å². The minimum absolute atomic E-state index is 0.288. The molecular formula is C51H64B2O4. The van der Waals surface area contributed by atoms with Gasteiger partial charge in [-0.15, -0.1) is 0 Å². The third-order valence-electron chi connectivity index (χ3n) is 14.9. The van der Waals surface area contributed by atoms with Crippen LogP contribution < -0.4 is 10.9 Å². The van der Waals surface area contributed by atoms with Gasteiger partial charge in [0.2, 0.25) is 0 Å². The fourth-order valence-electron chi connectivity index (χ4n) is 10.6. The number of benzene rings is 4. The van der Waals surface area contributed by atoms with Crippen LogP contribution in [0.4, 0.5) is 0 Å². The Kier molecular flexibility index (Phi) is 8.58. The fraction of sp³-hybridized carbons (Fsp3) is 0.529. The molecule has 2 atom stereocenters. The summed E-state index contributed by atoms with van der Waals surface area (Å²) < 4.78 is 26.9. The first kappa shape index (κ1) is 39.3. The number of rotatable bonds is 6. The molecule has 4 nitrogen and oxygen atoms in total. The monoisotopic (exact) mass is 762 g/mol. The molecule has 0 amide bonds. The maximum Gasteiger partial charge on any atom is 0.494 e. The van der Waals surface area contributed by atoms with Gasteiger partial charge in [-0.05, 0) is 170 Å². The summed E-state index contributed by atoms with van der Waals surface area (Å²) in [6, 6.07) is 28.9. The van der Waals surface area contributed by atoms with Crippen LogP contribution in [-0.2, 0) is 36.9 Å². The highest BCUT2D eigenvalue weighted by atomic mass is 16.7. The second kappa shape index (κ2) is 12.4. The van der Waals surface area contributed by atoms with Crippen molar-refractivity contribution in [2.45, 2.75) is 162 Å².